The van der Waals surface area contributed by atoms with Crippen molar-refractivity contribution in [2.24, 2.45) is 0 Å². The van der Waals surface area contributed by atoms with Crippen molar-refractivity contribution in [3.8, 4) is 0 Å². The molecule has 112 valence electrons. The lowest BCUT2D eigenvalue weighted by atomic mass is 10.1. The summed E-state index contributed by atoms with van der Waals surface area (Å²) in [6.07, 6.45) is 0. The van der Waals surface area contributed by atoms with Gasteiger partial charge in [-0.2, -0.15) is 0 Å². The van der Waals surface area contributed by atoms with Gasteiger partial charge in [0.1, 0.15) is 0 Å². The normalized spacial score (nSPS) is 13.1. The number of aliphatic hydroxyl groups excluding tert-OH is 1. The molecule has 0 heterocycles. The number of nitrogens with one attached hydrogen (secondary N) is 1. The summed E-state index contributed by atoms with van der Waals surface area (Å²) in [7, 11) is -3.74. The van der Waals surface area contributed by atoms with E-state index in [2.05, 4.69) is 36.6 Å². The third-order valence-corrected chi connectivity index (χ3v) is 5.81. The molecule has 1 atom stereocenters. The Morgan fingerprint density at radius 2 is 1.76 bits per heavy atom. The molecule has 2 rings (SSSR count). The SMILES string of the molecule is O=S(=O)(NC(CO)c1ccccc1)c1ccc(Br)cc1Br. The molecule has 0 aliphatic carbocycles. The van der Waals surface area contributed by atoms with Crippen LogP contribution in [0, 0.1) is 0 Å². The molecular weight excluding hydrogens is 422 g/mol. The molecule has 2 aromatic carbocycles. The van der Waals surface area contributed by atoms with Gasteiger partial charge in [-0.05, 0) is 39.7 Å². The van der Waals surface area contributed by atoms with Crippen LogP contribution < -0.4 is 4.72 Å². The fourth-order valence-electron chi connectivity index (χ4n) is 1.84. The zero-order chi connectivity index (χ0) is 15.5. The lowest BCUT2D eigenvalue weighted by Crippen LogP contribution is -2.31. The van der Waals surface area contributed by atoms with Gasteiger partial charge in [-0.25, -0.2) is 13.1 Å². The van der Waals surface area contributed by atoms with Crippen LogP contribution in [0.15, 0.2) is 62.4 Å². The summed E-state index contributed by atoms with van der Waals surface area (Å²) in [5, 5.41) is 9.46. The number of sulfonamides is 1. The van der Waals surface area contributed by atoms with Gasteiger partial charge in [-0.1, -0.05) is 46.3 Å². The fourth-order valence-corrected chi connectivity index (χ4v) is 4.80. The fraction of sp³-hybridized carbons (Fsp3) is 0.143. The van der Waals surface area contributed by atoms with Crippen LogP contribution in [0.1, 0.15) is 11.6 Å². The second kappa shape index (κ2) is 7.02. The molecule has 0 saturated heterocycles. The summed E-state index contributed by atoms with van der Waals surface area (Å²) in [6, 6.07) is 13.1. The number of aliphatic hydroxyl groups is 1. The van der Waals surface area contributed by atoms with Crippen LogP contribution >= 0.6 is 31.9 Å². The van der Waals surface area contributed by atoms with Gasteiger partial charge in [0, 0.05) is 8.95 Å². The average molecular weight is 435 g/mol. The van der Waals surface area contributed by atoms with Gasteiger partial charge in [0.15, 0.2) is 0 Å². The summed E-state index contributed by atoms with van der Waals surface area (Å²) in [6.45, 7) is -0.322. The van der Waals surface area contributed by atoms with Gasteiger partial charge < -0.3 is 5.11 Å². The predicted molar refractivity (Wildman–Crippen MR) is 88.4 cm³/mol. The molecule has 0 radical (unpaired) electrons. The van der Waals surface area contributed by atoms with Crippen molar-refractivity contribution in [3.63, 3.8) is 0 Å². The van der Waals surface area contributed by atoms with Crippen molar-refractivity contribution in [3.05, 3.63) is 63.0 Å². The van der Waals surface area contributed by atoms with Gasteiger partial charge in [0.2, 0.25) is 10.0 Å². The first-order valence-electron chi connectivity index (χ1n) is 6.07. The van der Waals surface area contributed by atoms with E-state index in [9.17, 15) is 13.5 Å². The number of hydrogen-bond acceptors (Lipinski definition) is 3. The van der Waals surface area contributed by atoms with E-state index in [4.69, 9.17) is 0 Å². The summed E-state index contributed by atoms with van der Waals surface area (Å²) in [5.41, 5.74) is 0.705. The maximum atomic E-state index is 12.4. The zero-order valence-electron chi connectivity index (χ0n) is 10.8. The van der Waals surface area contributed by atoms with E-state index in [1.165, 1.54) is 6.07 Å². The average Bonchev–Trinajstić information content (AvgIpc) is 2.45. The molecule has 0 aromatic heterocycles. The quantitative estimate of drug-likeness (QED) is 0.759. The van der Waals surface area contributed by atoms with Crippen molar-refractivity contribution in [2.75, 3.05) is 6.61 Å². The topological polar surface area (TPSA) is 66.4 Å². The second-order valence-electron chi connectivity index (χ2n) is 4.34. The Morgan fingerprint density at radius 3 is 2.33 bits per heavy atom. The molecule has 0 amide bonds. The molecule has 21 heavy (non-hydrogen) atoms. The first kappa shape index (κ1) is 16.6. The van der Waals surface area contributed by atoms with Crippen molar-refractivity contribution >= 4 is 41.9 Å². The van der Waals surface area contributed by atoms with E-state index in [0.29, 0.717) is 10.0 Å². The lowest BCUT2D eigenvalue weighted by molar-refractivity contribution is 0.259. The highest BCUT2D eigenvalue weighted by atomic mass is 79.9. The largest absolute Gasteiger partial charge is 0.394 e. The number of hydrogen-bond donors (Lipinski definition) is 2. The Labute approximate surface area is 140 Å². The third kappa shape index (κ3) is 4.14. The van der Waals surface area contributed by atoms with Crippen molar-refractivity contribution in [1.29, 1.82) is 0 Å². The van der Waals surface area contributed by atoms with E-state index in [1.807, 2.05) is 6.07 Å². The van der Waals surface area contributed by atoms with E-state index < -0.39 is 16.1 Å². The molecule has 0 fully saturated rings. The van der Waals surface area contributed by atoms with Crippen LogP contribution in [-0.2, 0) is 10.0 Å². The Hall–Kier alpha value is -0.730. The van der Waals surface area contributed by atoms with Gasteiger partial charge in [0.25, 0.3) is 0 Å². The van der Waals surface area contributed by atoms with Crippen molar-refractivity contribution in [2.45, 2.75) is 10.9 Å². The molecule has 2 N–H and O–H groups in total. The van der Waals surface area contributed by atoms with Crippen LogP contribution in [0.25, 0.3) is 0 Å². The van der Waals surface area contributed by atoms with Gasteiger partial charge in [0.05, 0.1) is 17.5 Å². The summed E-state index contributed by atoms with van der Waals surface area (Å²) in [4.78, 5) is 0.125. The van der Waals surface area contributed by atoms with Crippen molar-refractivity contribution in [1.82, 2.24) is 4.72 Å². The zero-order valence-corrected chi connectivity index (χ0v) is 14.8. The summed E-state index contributed by atoms with van der Waals surface area (Å²) < 4.78 is 28.6. The van der Waals surface area contributed by atoms with Crippen LogP contribution in [-0.4, -0.2) is 20.1 Å². The second-order valence-corrected chi connectivity index (χ2v) is 7.79. The van der Waals surface area contributed by atoms with Gasteiger partial charge in [-0.15, -0.1) is 0 Å². The molecule has 7 heteroatoms. The Morgan fingerprint density at radius 1 is 1.10 bits per heavy atom. The summed E-state index contributed by atoms with van der Waals surface area (Å²) >= 11 is 6.52. The van der Waals surface area contributed by atoms with Crippen LogP contribution in [0.3, 0.4) is 0 Å². The minimum atomic E-state index is -3.74. The highest BCUT2D eigenvalue weighted by Crippen LogP contribution is 2.27. The molecule has 0 aliphatic heterocycles. The predicted octanol–water partition coefficient (Wildman–Crippen LogP) is 3.22. The molecular formula is C14H13Br2NO3S. The van der Waals surface area contributed by atoms with Crippen LogP contribution in [0.5, 0.6) is 0 Å². The molecule has 0 bridgehead atoms. The van der Waals surface area contributed by atoms with Crippen LogP contribution in [0.4, 0.5) is 0 Å². The molecule has 0 spiro atoms. The van der Waals surface area contributed by atoms with E-state index in [1.54, 1.807) is 36.4 Å². The first-order chi connectivity index (χ1) is 9.94. The van der Waals surface area contributed by atoms with Gasteiger partial charge in [-0.3, -0.25) is 0 Å². The van der Waals surface area contributed by atoms with Gasteiger partial charge >= 0.3 is 0 Å². The molecule has 0 saturated carbocycles. The minimum Gasteiger partial charge on any atom is -0.394 e. The molecule has 0 aliphatic rings. The number of benzene rings is 2. The van der Waals surface area contributed by atoms with E-state index in [-0.39, 0.29) is 11.5 Å². The van der Waals surface area contributed by atoms with Crippen molar-refractivity contribution < 1.29 is 13.5 Å². The minimum absolute atomic E-state index is 0.125. The monoisotopic (exact) mass is 433 g/mol. The Bertz CT molecular complexity index is 720. The lowest BCUT2D eigenvalue weighted by Gasteiger charge is -2.17. The number of halogens is 2. The Kier molecular flexibility index (Phi) is 5.56. The third-order valence-electron chi connectivity index (χ3n) is 2.87. The molecule has 2 aromatic rings. The highest BCUT2D eigenvalue weighted by molar-refractivity contribution is 9.11. The van der Waals surface area contributed by atoms with E-state index in [0.717, 1.165) is 4.47 Å². The maximum Gasteiger partial charge on any atom is 0.242 e. The first-order valence-corrected chi connectivity index (χ1v) is 9.14. The smallest absolute Gasteiger partial charge is 0.242 e. The maximum absolute atomic E-state index is 12.4. The highest BCUT2D eigenvalue weighted by Gasteiger charge is 2.23. The van der Waals surface area contributed by atoms with Crippen LogP contribution in [0.2, 0.25) is 0 Å². The Balaban J connectivity index is 2.32. The number of rotatable bonds is 5. The molecule has 1 unspecified atom stereocenters. The molecule has 4 nitrogen and oxygen atoms in total. The standard InChI is InChI=1S/C14H13Br2NO3S/c15-11-6-7-14(12(16)8-11)21(19,20)17-13(9-18)10-4-2-1-3-5-10/h1-8,13,17-18H,9H2. The van der Waals surface area contributed by atoms with E-state index >= 15 is 0 Å². The summed E-state index contributed by atoms with van der Waals surface area (Å²) in [5.74, 6) is 0.